The first-order chi connectivity index (χ1) is 11.1. The largest absolute Gasteiger partial charge is 0.387 e. The number of aromatic amines is 1. The van der Waals surface area contributed by atoms with E-state index in [9.17, 15) is 14.7 Å². The van der Waals surface area contributed by atoms with Crippen molar-refractivity contribution in [1.29, 1.82) is 0 Å². The van der Waals surface area contributed by atoms with Gasteiger partial charge in [-0.15, -0.1) is 0 Å². The topological polar surface area (TPSA) is 106 Å². The molecule has 4 atom stereocenters. The van der Waals surface area contributed by atoms with Crippen LogP contribution in [0.4, 0.5) is 0 Å². The normalized spacial score (nSPS) is 37.3. The maximum absolute atomic E-state index is 12.0. The molecule has 23 heavy (non-hydrogen) atoms. The summed E-state index contributed by atoms with van der Waals surface area (Å²) in [5.74, 6) is 0. The molecular weight excluding hydrogens is 306 g/mol. The molecule has 0 radical (unpaired) electrons. The van der Waals surface area contributed by atoms with Crippen LogP contribution >= 0.6 is 0 Å². The highest BCUT2D eigenvalue weighted by molar-refractivity contribution is 5.09. The van der Waals surface area contributed by atoms with Gasteiger partial charge in [-0.1, -0.05) is 0 Å². The Labute approximate surface area is 131 Å². The van der Waals surface area contributed by atoms with Crippen LogP contribution in [0.3, 0.4) is 0 Å². The zero-order valence-electron chi connectivity index (χ0n) is 12.5. The van der Waals surface area contributed by atoms with Gasteiger partial charge in [0, 0.05) is 31.9 Å². The number of rotatable bonds is 3. The number of nitrogens with one attached hydrogen (secondary N) is 1. The summed E-state index contributed by atoms with van der Waals surface area (Å²) in [6.45, 7) is 3.64. The van der Waals surface area contributed by atoms with E-state index >= 15 is 0 Å². The van der Waals surface area contributed by atoms with Gasteiger partial charge in [0.15, 0.2) is 6.23 Å². The third-order valence-corrected chi connectivity index (χ3v) is 4.73. The molecule has 9 heteroatoms. The second kappa shape index (κ2) is 5.53. The molecule has 1 unspecified atom stereocenters. The summed E-state index contributed by atoms with van der Waals surface area (Å²) in [5, 5.41) is 10.6. The van der Waals surface area contributed by atoms with Crippen molar-refractivity contribution >= 4 is 0 Å². The van der Waals surface area contributed by atoms with E-state index in [4.69, 9.17) is 14.2 Å². The lowest BCUT2D eigenvalue weighted by Crippen LogP contribution is -2.53. The fourth-order valence-corrected chi connectivity index (χ4v) is 3.52. The van der Waals surface area contributed by atoms with Crippen LogP contribution in [-0.4, -0.2) is 76.8 Å². The molecule has 0 amide bonds. The molecule has 3 fully saturated rings. The molecule has 3 aliphatic rings. The molecule has 3 aliphatic heterocycles. The molecule has 0 saturated carbocycles. The van der Waals surface area contributed by atoms with Crippen molar-refractivity contribution in [3.8, 4) is 0 Å². The van der Waals surface area contributed by atoms with Gasteiger partial charge in [0.1, 0.15) is 17.8 Å². The average Bonchev–Trinajstić information content (AvgIpc) is 2.98. The predicted octanol–water partition coefficient (Wildman–Crippen LogP) is -2.10. The van der Waals surface area contributed by atoms with Crippen molar-refractivity contribution in [2.45, 2.75) is 24.0 Å². The molecule has 0 spiro atoms. The van der Waals surface area contributed by atoms with Gasteiger partial charge < -0.3 is 19.3 Å². The minimum absolute atomic E-state index is 0.283. The van der Waals surface area contributed by atoms with Crippen molar-refractivity contribution in [2.24, 2.45) is 0 Å². The molecule has 1 aromatic rings. The highest BCUT2D eigenvalue weighted by Gasteiger charge is 2.62. The van der Waals surface area contributed by atoms with Gasteiger partial charge in [0.2, 0.25) is 0 Å². The van der Waals surface area contributed by atoms with E-state index in [2.05, 4.69) is 9.88 Å². The average molecular weight is 325 g/mol. The lowest BCUT2D eigenvalue weighted by atomic mass is 9.98. The van der Waals surface area contributed by atoms with Crippen LogP contribution in [0.15, 0.2) is 21.9 Å². The van der Waals surface area contributed by atoms with Crippen LogP contribution in [0, 0.1) is 0 Å². The van der Waals surface area contributed by atoms with Gasteiger partial charge >= 0.3 is 5.69 Å². The lowest BCUT2D eigenvalue weighted by molar-refractivity contribution is -0.184. The second-order valence-corrected chi connectivity index (χ2v) is 6.20. The van der Waals surface area contributed by atoms with Crippen LogP contribution in [0.25, 0.3) is 0 Å². The summed E-state index contributed by atoms with van der Waals surface area (Å²) in [4.78, 5) is 27.5. The van der Waals surface area contributed by atoms with E-state index in [-0.39, 0.29) is 6.61 Å². The molecule has 0 aliphatic carbocycles. The SMILES string of the molecule is O=c1ccn([C@@H]2O[C@@]3(CN4CCOCC4)COC2[C@H]3O)c(=O)[nH]1. The van der Waals surface area contributed by atoms with Crippen LogP contribution in [0.5, 0.6) is 0 Å². The second-order valence-electron chi connectivity index (χ2n) is 6.20. The monoisotopic (exact) mass is 325 g/mol. The Morgan fingerprint density at radius 3 is 2.87 bits per heavy atom. The number of nitrogens with zero attached hydrogens (tertiary/aromatic N) is 2. The maximum atomic E-state index is 12.0. The van der Waals surface area contributed by atoms with E-state index < -0.39 is 35.3 Å². The Kier molecular flexibility index (Phi) is 3.62. The van der Waals surface area contributed by atoms with E-state index in [1.807, 2.05) is 0 Å². The van der Waals surface area contributed by atoms with Crippen molar-refractivity contribution in [3.05, 3.63) is 33.1 Å². The van der Waals surface area contributed by atoms with Crippen LogP contribution in [0.1, 0.15) is 6.23 Å². The van der Waals surface area contributed by atoms with Crippen LogP contribution < -0.4 is 11.2 Å². The van der Waals surface area contributed by atoms with Gasteiger partial charge in [-0.25, -0.2) is 4.79 Å². The first-order valence-corrected chi connectivity index (χ1v) is 7.68. The fraction of sp³-hybridized carbons (Fsp3) is 0.714. The number of hydrogen-bond acceptors (Lipinski definition) is 7. The summed E-state index contributed by atoms with van der Waals surface area (Å²) in [6, 6.07) is 1.25. The Bertz CT molecular complexity index is 696. The fourth-order valence-electron chi connectivity index (χ4n) is 3.52. The van der Waals surface area contributed by atoms with E-state index in [0.717, 1.165) is 13.1 Å². The quantitative estimate of drug-likeness (QED) is 0.655. The smallest absolute Gasteiger partial charge is 0.330 e. The van der Waals surface area contributed by atoms with Crippen molar-refractivity contribution in [3.63, 3.8) is 0 Å². The van der Waals surface area contributed by atoms with E-state index in [0.29, 0.717) is 19.8 Å². The van der Waals surface area contributed by atoms with Crippen molar-refractivity contribution in [1.82, 2.24) is 14.5 Å². The highest BCUT2D eigenvalue weighted by Crippen LogP contribution is 2.44. The molecule has 3 saturated heterocycles. The van der Waals surface area contributed by atoms with E-state index in [1.165, 1.54) is 16.8 Å². The minimum Gasteiger partial charge on any atom is -0.387 e. The van der Waals surface area contributed by atoms with Gasteiger partial charge in [-0.3, -0.25) is 19.2 Å². The number of aromatic nitrogens is 2. The minimum atomic E-state index is -0.859. The Balaban J connectivity index is 1.59. The molecule has 4 heterocycles. The number of aliphatic hydroxyl groups excluding tert-OH is 1. The van der Waals surface area contributed by atoms with Gasteiger partial charge in [-0.05, 0) is 0 Å². The third kappa shape index (κ3) is 2.45. The summed E-state index contributed by atoms with van der Waals surface area (Å²) >= 11 is 0. The molecule has 0 aromatic carbocycles. The Hall–Kier alpha value is -1.52. The highest BCUT2D eigenvalue weighted by atomic mass is 16.6. The number of ether oxygens (including phenoxy) is 3. The number of morpholine rings is 1. The summed E-state index contributed by atoms with van der Waals surface area (Å²) in [6.07, 6.45) is -0.830. The van der Waals surface area contributed by atoms with Crippen molar-refractivity contribution in [2.75, 3.05) is 39.5 Å². The zero-order valence-corrected chi connectivity index (χ0v) is 12.5. The standard InChI is InChI=1S/C14H19N3O6/c18-9-1-2-17(13(20)15-9)12-10-11(19)14(23-12,8-22-10)7-16-3-5-21-6-4-16/h1-2,10-12,19H,3-8H2,(H,15,18,20)/t10?,11-,12-,14+/m1/s1. The van der Waals surface area contributed by atoms with Gasteiger partial charge in [0.25, 0.3) is 5.56 Å². The van der Waals surface area contributed by atoms with Crippen molar-refractivity contribution < 1.29 is 19.3 Å². The third-order valence-electron chi connectivity index (χ3n) is 4.73. The number of hydrogen-bond donors (Lipinski definition) is 2. The maximum Gasteiger partial charge on any atom is 0.330 e. The number of H-pyrrole nitrogens is 1. The summed E-state index contributed by atoms with van der Waals surface area (Å²) in [5.41, 5.74) is -1.91. The first-order valence-electron chi connectivity index (χ1n) is 7.68. The molecular formula is C14H19N3O6. The molecule has 4 rings (SSSR count). The lowest BCUT2D eigenvalue weighted by Gasteiger charge is -2.37. The molecule has 1 aromatic heterocycles. The summed E-state index contributed by atoms with van der Waals surface area (Å²) in [7, 11) is 0. The summed E-state index contributed by atoms with van der Waals surface area (Å²) < 4.78 is 18.3. The first kappa shape index (κ1) is 15.0. The zero-order chi connectivity index (χ0) is 16.0. The predicted molar refractivity (Wildman–Crippen MR) is 77.2 cm³/mol. The molecule has 2 bridgehead atoms. The van der Waals surface area contributed by atoms with Gasteiger partial charge in [0.05, 0.1) is 19.8 Å². The molecule has 9 nitrogen and oxygen atoms in total. The Morgan fingerprint density at radius 1 is 1.35 bits per heavy atom. The van der Waals surface area contributed by atoms with Gasteiger partial charge in [-0.2, -0.15) is 0 Å². The molecule has 2 N–H and O–H groups in total. The van der Waals surface area contributed by atoms with Crippen LogP contribution in [-0.2, 0) is 14.2 Å². The van der Waals surface area contributed by atoms with Crippen LogP contribution in [0.2, 0.25) is 0 Å². The number of aliphatic hydroxyl groups is 1. The Morgan fingerprint density at radius 2 is 2.13 bits per heavy atom. The number of fused-ring (bicyclic) bond motifs is 2. The van der Waals surface area contributed by atoms with E-state index in [1.54, 1.807) is 0 Å². The molecule has 126 valence electrons.